The number of aromatic amines is 1. The van der Waals surface area contributed by atoms with Gasteiger partial charge in [0.05, 0.1) is 23.7 Å². The van der Waals surface area contributed by atoms with Crippen molar-refractivity contribution in [2.75, 3.05) is 0 Å². The number of benzene rings is 2. The quantitative estimate of drug-likeness (QED) is 0.363. The van der Waals surface area contributed by atoms with Crippen molar-refractivity contribution in [3.63, 3.8) is 0 Å². The van der Waals surface area contributed by atoms with Crippen LogP contribution in [0.2, 0.25) is 10.0 Å². The van der Waals surface area contributed by atoms with Crippen LogP contribution in [0, 0.1) is 0 Å². The number of carboxylic acids is 1. The summed E-state index contributed by atoms with van der Waals surface area (Å²) in [7, 11) is 0. The number of amides is 1. The van der Waals surface area contributed by atoms with Gasteiger partial charge in [0, 0.05) is 40.0 Å². The van der Waals surface area contributed by atoms with Crippen molar-refractivity contribution in [2.24, 2.45) is 5.10 Å². The predicted octanol–water partition coefficient (Wildman–Crippen LogP) is 4.83. The first kappa shape index (κ1) is 24.6. The van der Waals surface area contributed by atoms with Crippen LogP contribution in [0.5, 0.6) is 0 Å². The lowest BCUT2D eigenvalue weighted by molar-refractivity contribution is -0.141. The van der Waals surface area contributed by atoms with E-state index in [0.29, 0.717) is 37.9 Å². The number of aromatic nitrogens is 3. The summed E-state index contributed by atoms with van der Waals surface area (Å²) < 4.78 is 0. The molecule has 3 heterocycles. The van der Waals surface area contributed by atoms with Gasteiger partial charge >= 0.3 is 5.97 Å². The fourth-order valence-corrected chi connectivity index (χ4v) is 4.64. The fourth-order valence-electron chi connectivity index (χ4n) is 4.39. The minimum Gasteiger partial charge on any atom is -0.481 e. The maximum Gasteiger partial charge on any atom is 0.303 e. The number of aliphatic carboxylic acids is 1. The van der Waals surface area contributed by atoms with Crippen LogP contribution in [0.4, 0.5) is 0 Å². The highest BCUT2D eigenvalue weighted by atomic mass is 35.5. The van der Waals surface area contributed by atoms with Crippen LogP contribution in [0.25, 0.3) is 22.2 Å². The first-order valence-electron chi connectivity index (χ1n) is 11.3. The van der Waals surface area contributed by atoms with Crippen molar-refractivity contribution >= 4 is 51.8 Å². The maximum atomic E-state index is 13.4. The summed E-state index contributed by atoms with van der Waals surface area (Å²) in [6, 6.07) is 13.4. The molecule has 0 spiro atoms. The van der Waals surface area contributed by atoms with Gasteiger partial charge in [0.15, 0.2) is 0 Å². The van der Waals surface area contributed by atoms with Gasteiger partial charge in [-0.3, -0.25) is 14.4 Å². The van der Waals surface area contributed by atoms with Crippen LogP contribution in [0.1, 0.15) is 36.4 Å². The Kier molecular flexibility index (Phi) is 6.73. The molecule has 11 heteroatoms. The van der Waals surface area contributed by atoms with Crippen LogP contribution >= 0.6 is 23.2 Å². The molecule has 2 aromatic heterocycles. The van der Waals surface area contributed by atoms with Crippen molar-refractivity contribution in [3.8, 4) is 11.1 Å². The number of carboxylic acid groups (broad SMARTS) is 1. The molecule has 0 aliphatic carbocycles. The van der Waals surface area contributed by atoms with E-state index in [1.54, 1.807) is 54.7 Å². The largest absolute Gasteiger partial charge is 0.481 e. The van der Waals surface area contributed by atoms with Gasteiger partial charge in [-0.05, 0) is 35.4 Å². The number of halogens is 2. The average Bonchev–Trinajstić information content (AvgIpc) is 3.32. The van der Waals surface area contributed by atoms with E-state index < -0.39 is 23.5 Å². The van der Waals surface area contributed by atoms with Gasteiger partial charge < -0.3 is 10.1 Å². The van der Waals surface area contributed by atoms with E-state index in [4.69, 9.17) is 28.3 Å². The SMILES string of the molecule is O=C(O)CCC(=O)N1N=C(c2c(-c3ccc(Cl)cc3)c3cncnc3[nH]c2=O)CC1c1ccc(Cl)cc1. The van der Waals surface area contributed by atoms with Crippen LogP contribution in [0.3, 0.4) is 0 Å². The molecule has 1 amide bonds. The van der Waals surface area contributed by atoms with E-state index in [1.807, 2.05) is 0 Å². The fraction of sp³-hybridized carbons (Fsp3) is 0.154. The summed E-state index contributed by atoms with van der Waals surface area (Å²) in [5.41, 5.74) is 2.59. The number of pyridine rings is 1. The van der Waals surface area contributed by atoms with Gasteiger partial charge in [-0.25, -0.2) is 15.0 Å². The van der Waals surface area contributed by atoms with E-state index >= 15 is 0 Å². The average molecular weight is 536 g/mol. The van der Waals surface area contributed by atoms with Crippen molar-refractivity contribution < 1.29 is 14.7 Å². The molecule has 9 nitrogen and oxygen atoms in total. The highest BCUT2D eigenvalue weighted by Gasteiger charge is 2.35. The van der Waals surface area contributed by atoms with Crippen molar-refractivity contribution in [2.45, 2.75) is 25.3 Å². The summed E-state index contributed by atoms with van der Waals surface area (Å²) >= 11 is 12.2. The van der Waals surface area contributed by atoms with E-state index in [-0.39, 0.29) is 24.8 Å². The second-order valence-corrected chi connectivity index (χ2v) is 9.32. The summed E-state index contributed by atoms with van der Waals surface area (Å²) in [6.07, 6.45) is 2.60. The molecule has 1 aliphatic rings. The van der Waals surface area contributed by atoms with Crippen molar-refractivity contribution in [3.05, 3.63) is 92.6 Å². The molecule has 1 unspecified atom stereocenters. The van der Waals surface area contributed by atoms with Gasteiger partial charge in [-0.2, -0.15) is 5.10 Å². The Hall–Kier alpha value is -4.08. The molecule has 4 aromatic rings. The molecule has 2 N–H and O–H groups in total. The lowest BCUT2D eigenvalue weighted by Gasteiger charge is -2.22. The van der Waals surface area contributed by atoms with Gasteiger partial charge in [0.1, 0.15) is 12.0 Å². The number of hydrogen-bond acceptors (Lipinski definition) is 6. The molecule has 2 aromatic carbocycles. The molecule has 0 radical (unpaired) electrons. The van der Waals surface area contributed by atoms with E-state index in [2.05, 4.69) is 20.1 Å². The molecule has 1 atom stereocenters. The number of nitrogens with one attached hydrogen (secondary N) is 1. The first-order valence-corrected chi connectivity index (χ1v) is 12.1. The Labute approximate surface area is 220 Å². The molecule has 0 bridgehead atoms. The predicted molar refractivity (Wildman–Crippen MR) is 140 cm³/mol. The smallest absolute Gasteiger partial charge is 0.303 e. The van der Waals surface area contributed by atoms with Crippen molar-refractivity contribution in [1.82, 2.24) is 20.0 Å². The summed E-state index contributed by atoms with van der Waals surface area (Å²) in [5, 5.41) is 16.6. The Morgan fingerprint density at radius 3 is 2.35 bits per heavy atom. The topological polar surface area (TPSA) is 129 Å². The minimum absolute atomic E-state index is 0.226. The molecule has 5 rings (SSSR count). The molecule has 186 valence electrons. The molecular weight excluding hydrogens is 517 g/mol. The second-order valence-electron chi connectivity index (χ2n) is 8.45. The number of hydrogen-bond donors (Lipinski definition) is 2. The second kappa shape index (κ2) is 10.1. The first-order chi connectivity index (χ1) is 17.8. The summed E-state index contributed by atoms with van der Waals surface area (Å²) in [4.78, 5) is 48.7. The van der Waals surface area contributed by atoms with Crippen LogP contribution in [0.15, 0.2) is 71.0 Å². The molecule has 37 heavy (non-hydrogen) atoms. The van der Waals surface area contributed by atoms with Crippen LogP contribution in [-0.4, -0.2) is 42.7 Å². The number of carbonyl (C=O) groups excluding carboxylic acids is 1. The van der Waals surface area contributed by atoms with E-state index in [1.165, 1.54) is 11.3 Å². The Balaban J connectivity index is 1.68. The zero-order valence-electron chi connectivity index (χ0n) is 19.2. The maximum absolute atomic E-state index is 13.4. The Morgan fingerprint density at radius 2 is 1.68 bits per heavy atom. The standard InChI is InChI=1S/C26H19Cl2N5O4/c27-16-5-1-14(2-6-16)20-11-19(32-33(20)21(34)9-10-22(35)36)24-23(15-3-7-17(28)8-4-15)18-12-29-13-30-25(18)31-26(24)37/h1-8,12-13,20H,9-11H2,(H,35,36)(H,29,30,31,37). The normalized spacial score (nSPS) is 15.1. The number of hydrazone groups is 1. The van der Waals surface area contributed by atoms with Gasteiger partial charge in [0.2, 0.25) is 5.91 Å². The Bertz CT molecular complexity index is 1600. The highest BCUT2D eigenvalue weighted by Crippen LogP contribution is 2.37. The molecule has 0 saturated carbocycles. The lowest BCUT2D eigenvalue weighted by atomic mass is 9.92. The monoisotopic (exact) mass is 535 g/mol. The molecule has 0 saturated heterocycles. The minimum atomic E-state index is -1.09. The molecule has 0 fully saturated rings. The van der Waals surface area contributed by atoms with Crippen molar-refractivity contribution in [1.29, 1.82) is 0 Å². The van der Waals surface area contributed by atoms with E-state index in [9.17, 15) is 14.4 Å². The van der Waals surface area contributed by atoms with Crippen LogP contribution < -0.4 is 5.56 Å². The number of fused-ring (bicyclic) bond motifs is 1. The van der Waals surface area contributed by atoms with Gasteiger partial charge in [0.25, 0.3) is 5.56 Å². The Morgan fingerprint density at radius 1 is 1.00 bits per heavy atom. The molecular formula is C26H19Cl2N5O4. The van der Waals surface area contributed by atoms with E-state index in [0.717, 1.165) is 5.56 Å². The lowest BCUT2D eigenvalue weighted by Crippen LogP contribution is -2.27. The van der Waals surface area contributed by atoms with Gasteiger partial charge in [-0.1, -0.05) is 47.5 Å². The zero-order chi connectivity index (χ0) is 26.1. The summed E-state index contributed by atoms with van der Waals surface area (Å²) in [6.45, 7) is 0. The third-order valence-corrected chi connectivity index (χ3v) is 6.59. The third kappa shape index (κ3) is 4.96. The van der Waals surface area contributed by atoms with Gasteiger partial charge in [-0.15, -0.1) is 0 Å². The zero-order valence-corrected chi connectivity index (χ0v) is 20.7. The number of nitrogens with zero attached hydrogens (tertiary/aromatic N) is 4. The molecule has 1 aliphatic heterocycles. The summed E-state index contributed by atoms with van der Waals surface area (Å²) in [5.74, 6) is -1.55. The number of H-pyrrole nitrogens is 1. The third-order valence-electron chi connectivity index (χ3n) is 6.09. The number of carbonyl (C=O) groups is 2. The highest BCUT2D eigenvalue weighted by molar-refractivity contribution is 6.31. The number of rotatable bonds is 6. The van der Waals surface area contributed by atoms with Crippen LogP contribution in [-0.2, 0) is 9.59 Å².